The molecule has 0 fully saturated rings. The second-order valence-electron chi connectivity index (χ2n) is 2.58. The van der Waals surface area contributed by atoms with Crippen LogP contribution in [0, 0.1) is 6.92 Å². The van der Waals surface area contributed by atoms with Crippen molar-refractivity contribution in [1.82, 2.24) is 9.78 Å². The molecule has 1 aromatic rings. The van der Waals surface area contributed by atoms with Crippen LogP contribution < -0.4 is 0 Å². The van der Waals surface area contributed by atoms with E-state index in [1.54, 1.807) is 18.7 Å². The maximum Gasteiger partial charge on any atom is 0.110 e. The van der Waals surface area contributed by atoms with Crippen molar-refractivity contribution in [3.63, 3.8) is 0 Å². The normalized spacial score (nSPS) is 13.5. The van der Waals surface area contributed by atoms with E-state index in [2.05, 4.69) is 5.10 Å². The van der Waals surface area contributed by atoms with Gasteiger partial charge in [0.25, 0.3) is 0 Å². The van der Waals surface area contributed by atoms with Crippen molar-refractivity contribution in [2.45, 2.75) is 20.0 Å². The summed E-state index contributed by atoms with van der Waals surface area (Å²) in [5.74, 6) is 0. The summed E-state index contributed by atoms with van der Waals surface area (Å²) in [6, 6.07) is 0. The largest absolute Gasteiger partial charge is 0.387 e. The van der Waals surface area contributed by atoms with Gasteiger partial charge in [-0.25, -0.2) is 0 Å². The molecular weight excluding hydrogens is 164 g/mol. The summed E-state index contributed by atoms with van der Waals surface area (Å²) in [6.07, 6.45) is -0.595. The van der Waals surface area contributed by atoms with E-state index in [0.29, 0.717) is 10.7 Å². The SMILES string of the molecule is Cc1c(Cl)c(C(C)O)nn1C. The fourth-order valence-corrected chi connectivity index (χ4v) is 1.19. The van der Waals surface area contributed by atoms with Crippen LogP contribution in [0.15, 0.2) is 0 Å². The van der Waals surface area contributed by atoms with Crippen LogP contribution in [0.1, 0.15) is 24.4 Å². The minimum atomic E-state index is -0.595. The van der Waals surface area contributed by atoms with E-state index in [0.717, 1.165) is 5.69 Å². The lowest BCUT2D eigenvalue weighted by atomic mass is 10.3. The molecule has 0 aliphatic carbocycles. The molecule has 0 spiro atoms. The topological polar surface area (TPSA) is 38.1 Å². The molecular formula is C7H11ClN2O. The van der Waals surface area contributed by atoms with Crippen molar-refractivity contribution in [3.05, 3.63) is 16.4 Å². The summed E-state index contributed by atoms with van der Waals surface area (Å²) in [5.41, 5.74) is 1.43. The average Bonchev–Trinajstić information content (AvgIpc) is 2.17. The first kappa shape index (κ1) is 8.56. The van der Waals surface area contributed by atoms with Crippen LogP contribution in [0.25, 0.3) is 0 Å². The molecule has 4 heteroatoms. The van der Waals surface area contributed by atoms with Crippen LogP contribution >= 0.6 is 11.6 Å². The van der Waals surface area contributed by atoms with Crippen LogP contribution in [0.2, 0.25) is 5.02 Å². The Balaban J connectivity index is 3.19. The van der Waals surface area contributed by atoms with Gasteiger partial charge < -0.3 is 5.11 Å². The zero-order valence-electron chi connectivity index (χ0n) is 6.80. The number of halogens is 1. The van der Waals surface area contributed by atoms with Gasteiger partial charge in [-0.15, -0.1) is 0 Å². The Kier molecular flexibility index (Phi) is 2.20. The van der Waals surface area contributed by atoms with Crippen molar-refractivity contribution in [2.75, 3.05) is 0 Å². The van der Waals surface area contributed by atoms with Crippen molar-refractivity contribution in [1.29, 1.82) is 0 Å². The van der Waals surface area contributed by atoms with E-state index in [1.807, 2.05) is 6.92 Å². The Labute approximate surface area is 70.6 Å². The number of hydrogen-bond acceptors (Lipinski definition) is 2. The summed E-state index contributed by atoms with van der Waals surface area (Å²) in [5, 5.41) is 13.8. The molecule has 1 rings (SSSR count). The predicted molar refractivity (Wildman–Crippen MR) is 43.6 cm³/mol. The van der Waals surface area contributed by atoms with E-state index >= 15 is 0 Å². The second-order valence-corrected chi connectivity index (χ2v) is 2.96. The van der Waals surface area contributed by atoms with Gasteiger partial charge in [-0.05, 0) is 13.8 Å². The Morgan fingerprint density at radius 2 is 2.18 bits per heavy atom. The summed E-state index contributed by atoms with van der Waals surface area (Å²) < 4.78 is 1.66. The molecule has 0 saturated heterocycles. The third kappa shape index (κ3) is 1.39. The van der Waals surface area contributed by atoms with Gasteiger partial charge in [-0.2, -0.15) is 5.10 Å². The molecule has 0 saturated carbocycles. The number of aliphatic hydroxyl groups is 1. The van der Waals surface area contributed by atoms with E-state index in [9.17, 15) is 5.11 Å². The number of nitrogens with zero attached hydrogens (tertiary/aromatic N) is 2. The van der Waals surface area contributed by atoms with Gasteiger partial charge in [0.15, 0.2) is 0 Å². The third-order valence-electron chi connectivity index (χ3n) is 1.68. The molecule has 1 N–H and O–H groups in total. The van der Waals surface area contributed by atoms with E-state index in [-0.39, 0.29) is 0 Å². The zero-order valence-corrected chi connectivity index (χ0v) is 7.55. The van der Waals surface area contributed by atoms with Gasteiger partial charge in [0.05, 0.1) is 16.8 Å². The van der Waals surface area contributed by atoms with Crippen molar-refractivity contribution >= 4 is 11.6 Å². The Morgan fingerprint density at radius 3 is 2.36 bits per heavy atom. The number of aryl methyl sites for hydroxylation is 1. The molecule has 0 bridgehead atoms. The molecule has 1 aromatic heterocycles. The third-order valence-corrected chi connectivity index (χ3v) is 2.15. The molecule has 0 aromatic carbocycles. The van der Waals surface area contributed by atoms with Crippen LogP contribution in [0.5, 0.6) is 0 Å². The number of aromatic nitrogens is 2. The number of hydrogen-bond donors (Lipinski definition) is 1. The van der Waals surface area contributed by atoms with E-state index in [1.165, 1.54) is 0 Å². The highest BCUT2D eigenvalue weighted by atomic mass is 35.5. The van der Waals surface area contributed by atoms with E-state index in [4.69, 9.17) is 11.6 Å². The highest BCUT2D eigenvalue weighted by molar-refractivity contribution is 6.31. The van der Waals surface area contributed by atoms with Crippen molar-refractivity contribution < 1.29 is 5.11 Å². The standard InChI is InChI=1S/C7H11ClN2O/c1-4-6(8)7(5(2)11)9-10(4)3/h5,11H,1-3H3. The molecule has 0 radical (unpaired) electrons. The van der Waals surface area contributed by atoms with Crippen molar-refractivity contribution in [3.8, 4) is 0 Å². The maximum absolute atomic E-state index is 9.18. The first-order valence-electron chi connectivity index (χ1n) is 3.41. The smallest absolute Gasteiger partial charge is 0.110 e. The number of rotatable bonds is 1. The minimum absolute atomic E-state index is 0.548. The van der Waals surface area contributed by atoms with Crippen molar-refractivity contribution in [2.24, 2.45) is 7.05 Å². The first-order valence-corrected chi connectivity index (χ1v) is 3.79. The quantitative estimate of drug-likeness (QED) is 0.700. The summed E-state index contributed by atoms with van der Waals surface area (Å²) in [6.45, 7) is 3.51. The maximum atomic E-state index is 9.18. The molecule has 62 valence electrons. The fraction of sp³-hybridized carbons (Fsp3) is 0.571. The summed E-state index contributed by atoms with van der Waals surface area (Å²) >= 11 is 5.87. The van der Waals surface area contributed by atoms with Crippen LogP contribution in [0.3, 0.4) is 0 Å². The molecule has 0 amide bonds. The van der Waals surface area contributed by atoms with Gasteiger partial charge in [0.1, 0.15) is 5.69 Å². The Morgan fingerprint density at radius 1 is 1.64 bits per heavy atom. The van der Waals surface area contributed by atoms with Crippen LogP contribution in [-0.2, 0) is 7.05 Å². The predicted octanol–water partition coefficient (Wildman–Crippen LogP) is 1.44. The second kappa shape index (κ2) is 2.83. The van der Waals surface area contributed by atoms with Crippen LogP contribution in [0.4, 0.5) is 0 Å². The summed E-state index contributed by atoms with van der Waals surface area (Å²) in [7, 11) is 1.80. The van der Waals surface area contributed by atoms with Gasteiger partial charge >= 0.3 is 0 Å². The first-order chi connectivity index (χ1) is 5.04. The van der Waals surface area contributed by atoms with Gasteiger partial charge in [-0.3, -0.25) is 4.68 Å². The lowest BCUT2D eigenvalue weighted by molar-refractivity contribution is 0.193. The highest BCUT2D eigenvalue weighted by Crippen LogP contribution is 2.24. The lowest BCUT2D eigenvalue weighted by Gasteiger charge is -1.97. The average molecular weight is 175 g/mol. The minimum Gasteiger partial charge on any atom is -0.387 e. The highest BCUT2D eigenvalue weighted by Gasteiger charge is 2.14. The van der Waals surface area contributed by atoms with Gasteiger partial charge in [0.2, 0.25) is 0 Å². The molecule has 0 aliphatic heterocycles. The molecule has 1 heterocycles. The number of aliphatic hydroxyl groups excluding tert-OH is 1. The Bertz CT molecular complexity index is 268. The van der Waals surface area contributed by atoms with Crippen LogP contribution in [-0.4, -0.2) is 14.9 Å². The molecule has 11 heavy (non-hydrogen) atoms. The van der Waals surface area contributed by atoms with E-state index < -0.39 is 6.10 Å². The molecule has 3 nitrogen and oxygen atoms in total. The zero-order chi connectivity index (χ0) is 8.59. The molecule has 0 aliphatic rings. The van der Waals surface area contributed by atoms with Gasteiger partial charge in [-0.1, -0.05) is 11.6 Å². The lowest BCUT2D eigenvalue weighted by Crippen LogP contribution is -1.96. The summed E-state index contributed by atoms with van der Waals surface area (Å²) in [4.78, 5) is 0. The fourth-order valence-electron chi connectivity index (χ4n) is 0.875. The molecule has 1 atom stereocenters. The Hall–Kier alpha value is -0.540. The monoisotopic (exact) mass is 174 g/mol. The molecule has 1 unspecified atom stereocenters. The van der Waals surface area contributed by atoms with Gasteiger partial charge in [0, 0.05) is 7.05 Å².